The molecular formula is C19H36N4O2. The second-order valence-electron chi connectivity index (χ2n) is 7.86. The Morgan fingerprint density at radius 1 is 1.32 bits per heavy atom. The Labute approximate surface area is 152 Å². The van der Waals surface area contributed by atoms with E-state index in [0.29, 0.717) is 18.6 Å². The molecule has 1 amide bonds. The summed E-state index contributed by atoms with van der Waals surface area (Å²) in [6.45, 7) is 11.1. The van der Waals surface area contributed by atoms with Crippen molar-refractivity contribution in [3.05, 3.63) is 0 Å². The molecule has 0 spiro atoms. The van der Waals surface area contributed by atoms with Crippen LogP contribution in [0.5, 0.6) is 0 Å². The van der Waals surface area contributed by atoms with Gasteiger partial charge in [-0.2, -0.15) is 0 Å². The Balaban J connectivity index is 1.78. The quantitative estimate of drug-likeness (QED) is 0.419. The number of guanidine groups is 1. The lowest BCUT2D eigenvalue weighted by Gasteiger charge is -2.52. The van der Waals surface area contributed by atoms with Gasteiger partial charge in [0.05, 0.1) is 6.10 Å². The average Bonchev–Trinajstić information content (AvgIpc) is 3.07. The minimum Gasteiger partial charge on any atom is -0.378 e. The third-order valence-electron chi connectivity index (χ3n) is 5.71. The van der Waals surface area contributed by atoms with Crippen molar-refractivity contribution < 1.29 is 9.53 Å². The van der Waals surface area contributed by atoms with Crippen molar-refractivity contribution in [3.8, 4) is 0 Å². The number of aliphatic imine (C=N–C) groups is 1. The second kappa shape index (κ2) is 8.88. The van der Waals surface area contributed by atoms with E-state index in [1.54, 1.807) is 7.05 Å². The Kier molecular flexibility index (Phi) is 7.11. The molecule has 2 rings (SSSR count). The van der Waals surface area contributed by atoms with Crippen LogP contribution in [0.25, 0.3) is 0 Å². The lowest BCUT2D eigenvalue weighted by atomic mass is 9.64. The zero-order chi connectivity index (χ0) is 18.4. The molecule has 1 saturated heterocycles. The van der Waals surface area contributed by atoms with Gasteiger partial charge in [0.2, 0.25) is 5.91 Å². The number of likely N-dealkylation sites (tertiary alicyclic amines) is 1. The first-order chi connectivity index (χ1) is 11.9. The van der Waals surface area contributed by atoms with Crippen molar-refractivity contribution in [2.24, 2.45) is 10.4 Å². The van der Waals surface area contributed by atoms with Crippen LogP contribution in [0.2, 0.25) is 0 Å². The molecule has 1 aliphatic heterocycles. The SMILES string of the molecule is CCCCOC1CC(NC(=NC)NC2CCN(C(=O)CC)C2)C1(C)C. The first kappa shape index (κ1) is 20.0. The van der Waals surface area contributed by atoms with Crippen LogP contribution >= 0.6 is 0 Å². The number of hydrogen-bond acceptors (Lipinski definition) is 3. The summed E-state index contributed by atoms with van der Waals surface area (Å²) in [5.41, 5.74) is 0.102. The number of carbonyl (C=O) groups excluding carboxylic acids is 1. The Morgan fingerprint density at radius 3 is 2.68 bits per heavy atom. The molecule has 2 aliphatic rings. The molecule has 0 bridgehead atoms. The number of nitrogens with zero attached hydrogens (tertiary/aromatic N) is 2. The summed E-state index contributed by atoms with van der Waals surface area (Å²) in [6, 6.07) is 0.640. The van der Waals surface area contributed by atoms with E-state index in [1.807, 2.05) is 11.8 Å². The van der Waals surface area contributed by atoms with Gasteiger partial charge in [0, 0.05) is 50.7 Å². The number of rotatable bonds is 7. The lowest BCUT2D eigenvalue weighted by molar-refractivity contribution is -0.129. The maximum atomic E-state index is 11.8. The molecule has 2 N–H and O–H groups in total. The molecule has 144 valence electrons. The van der Waals surface area contributed by atoms with Gasteiger partial charge in [-0.15, -0.1) is 0 Å². The van der Waals surface area contributed by atoms with Gasteiger partial charge in [-0.1, -0.05) is 34.1 Å². The van der Waals surface area contributed by atoms with Crippen LogP contribution in [0.15, 0.2) is 4.99 Å². The summed E-state index contributed by atoms with van der Waals surface area (Å²) in [4.78, 5) is 18.1. The van der Waals surface area contributed by atoms with E-state index in [9.17, 15) is 4.79 Å². The number of ether oxygens (including phenoxy) is 1. The van der Waals surface area contributed by atoms with Gasteiger partial charge < -0.3 is 20.3 Å². The van der Waals surface area contributed by atoms with Gasteiger partial charge in [-0.25, -0.2) is 0 Å². The van der Waals surface area contributed by atoms with Crippen LogP contribution < -0.4 is 10.6 Å². The van der Waals surface area contributed by atoms with Gasteiger partial charge in [-0.05, 0) is 19.3 Å². The van der Waals surface area contributed by atoms with Gasteiger partial charge in [0.15, 0.2) is 5.96 Å². The van der Waals surface area contributed by atoms with Gasteiger partial charge in [0.25, 0.3) is 0 Å². The summed E-state index contributed by atoms with van der Waals surface area (Å²) in [7, 11) is 1.81. The predicted molar refractivity (Wildman–Crippen MR) is 102 cm³/mol. The number of nitrogens with one attached hydrogen (secondary N) is 2. The van der Waals surface area contributed by atoms with E-state index >= 15 is 0 Å². The number of amides is 1. The van der Waals surface area contributed by atoms with Crippen molar-refractivity contribution in [2.45, 2.75) is 78.0 Å². The summed E-state index contributed by atoms with van der Waals surface area (Å²) in [5.74, 6) is 1.07. The smallest absolute Gasteiger partial charge is 0.222 e. The highest BCUT2D eigenvalue weighted by Gasteiger charge is 2.49. The largest absolute Gasteiger partial charge is 0.378 e. The zero-order valence-corrected chi connectivity index (χ0v) is 16.6. The summed E-state index contributed by atoms with van der Waals surface area (Å²) in [5, 5.41) is 7.04. The minimum atomic E-state index is 0.102. The van der Waals surface area contributed by atoms with E-state index in [0.717, 1.165) is 44.9 Å². The molecule has 3 atom stereocenters. The molecule has 3 unspecified atom stereocenters. The van der Waals surface area contributed by atoms with Gasteiger partial charge in [0.1, 0.15) is 0 Å². The molecule has 2 fully saturated rings. The Hall–Kier alpha value is -1.30. The van der Waals surface area contributed by atoms with E-state index in [-0.39, 0.29) is 17.4 Å². The maximum absolute atomic E-state index is 11.8. The molecular weight excluding hydrogens is 316 g/mol. The number of unbranched alkanes of at least 4 members (excludes halogenated alkanes) is 1. The Morgan fingerprint density at radius 2 is 2.08 bits per heavy atom. The van der Waals surface area contributed by atoms with Crippen LogP contribution in [-0.4, -0.2) is 61.7 Å². The first-order valence-electron chi connectivity index (χ1n) is 9.81. The van der Waals surface area contributed by atoms with Crippen LogP contribution in [0.3, 0.4) is 0 Å². The predicted octanol–water partition coefficient (Wildman–Crippen LogP) is 2.15. The molecule has 1 aliphatic carbocycles. The highest BCUT2D eigenvalue weighted by Crippen LogP contribution is 2.42. The second-order valence-corrected chi connectivity index (χ2v) is 7.86. The van der Waals surface area contributed by atoms with Crippen LogP contribution in [0, 0.1) is 5.41 Å². The Bertz CT molecular complexity index is 478. The molecule has 1 saturated carbocycles. The minimum absolute atomic E-state index is 0.102. The molecule has 6 heteroatoms. The summed E-state index contributed by atoms with van der Waals surface area (Å²) < 4.78 is 6.02. The van der Waals surface area contributed by atoms with Crippen molar-refractivity contribution >= 4 is 11.9 Å². The third kappa shape index (κ3) is 4.87. The van der Waals surface area contributed by atoms with Gasteiger partial charge >= 0.3 is 0 Å². The van der Waals surface area contributed by atoms with Crippen molar-refractivity contribution in [2.75, 3.05) is 26.7 Å². The monoisotopic (exact) mass is 352 g/mol. The van der Waals surface area contributed by atoms with Crippen LogP contribution in [0.4, 0.5) is 0 Å². The van der Waals surface area contributed by atoms with E-state index < -0.39 is 0 Å². The molecule has 0 aromatic heterocycles. The zero-order valence-electron chi connectivity index (χ0n) is 16.6. The van der Waals surface area contributed by atoms with Crippen LogP contribution in [-0.2, 0) is 9.53 Å². The van der Waals surface area contributed by atoms with Crippen molar-refractivity contribution in [1.82, 2.24) is 15.5 Å². The lowest BCUT2D eigenvalue weighted by Crippen LogP contribution is -2.64. The maximum Gasteiger partial charge on any atom is 0.222 e. The topological polar surface area (TPSA) is 66.0 Å². The average molecular weight is 353 g/mol. The van der Waals surface area contributed by atoms with E-state index in [4.69, 9.17) is 4.74 Å². The van der Waals surface area contributed by atoms with Crippen LogP contribution in [0.1, 0.15) is 59.8 Å². The standard InChI is InChI=1S/C19H36N4O2/c1-6-8-11-25-16-12-15(19(16,3)4)22-18(20-5)21-14-9-10-23(13-14)17(24)7-2/h14-16H,6-13H2,1-5H3,(H2,20,21,22). The highest BCUT2D eigenvalue weighted by molar-refractivity contribution is 5.81. The summed E-state index contributed by atoms with van der Waals surface area (Å²) >= 11 is 0. The van der Waals surface area contributed by atoms with Crippen molar-refractivity contribution in [1.29, 1.82) is 0 Å². The molecule has 0 aromatic carbocycles. The van der Waals surface area contributed by atoms with E-state index in [1.165, 1.54) is 6.42 Å². The molecule has 25 heavy (non-hydrogen) atoms. The normalized spacial score (nSPS) is 28.6. The third-order valence-corrected chi connectivity index (χ3v) is 5.71. The van der Waals surface area contributed by atoms with E-state index in [2.05, 4.69) is 36.4 Å². The highest BCUT2D eigenvalue weighted by atomic mass is 16.5. The fourth-order valence-corrected chi connectivity index (χ4v) is 3.64. The molecule has 1 heterocycles. The molecule has 0 radical (unpaired) electrons. The summed E-state index contributed by atoms with van der Waals surface area (Å²) in [6.07, 6.45) is 5.19. The fraction of sp³-hybridized carbons (Fsp3) is 0.895. The number of carbonyl (C=O) groups is 1. The first-order valence-corrected chi connectivity index (χ1v) is 9.81. The van der Waals surface area contributed by atoms with Crippen molar-refractivity contribution in [3.63, 3.8) is 0 Å². The van der Waals surface area contributed by atoms with Gasteiger partial charge in [-0.3, -0.25) is 9.79 Å². The fourth-order valence-electron chi connectivity index (χ4n) is 3.64. The molecule has 6 nitrogen and oxygen atoms in total. The number of hydrogen-bond donors (Lipinski definition) is 2. The molecule has 0 aromatic rings.